The molecule has 0 aliphatic heterocycles. The first-order valence-corrected chi connectivity index (χ1v) is 7.42. The van der Waals surface area contributed by atoms with Crippen LogP contribution in [0.15, 0.2) is 18.2 Å². The highest BCUT2D eigenvalue weighted by molar-refractivity contribution is 6.43. The first-order chi connectivity index (χ1) is 9.73. The van der Waals surface area contributed by atoms with Gasteiger partial charge in [-0.15, -0.1) is 0 Å². The summed E-state index contributed by atoms with van der Waals surface area (Å²) in [7, 11) is 0. The van der Waals surface area contributed by atoms with E-state index in [4.69, 9.17) is 28.3 Å². The molecule has 1 aromatic carbocycles. The van der Waals surface area contributed by atoms with Gasteiger partial charge in [0.15, 0.2) is 0 Å². The highest BCUT2D eigenvalue weighted by Gasteiger charge is 2.20. The van der Waals surface area contributed by atoms with E-state index in [1.54, 1.807) is 18.2 Å². The topological polar surface area (TPSA) is 66.4 Å². The number of hydrogen-bond acceptors (Lipinski definition) is 2. The Morgan fingerprint density at radius 3 is 2.52 bits per heavy atom. The molecule has 0 heterocycles. The maximum Gasteiger partial charge on any atom is 0.303 e. The van der Waals surface area contributed by atoms with Crippen molar-refractivity contribution in [2.75, 3.05) is 6.54 Å². The fourth-order valence-corrected chi connectivity index (χ4v) is 2.25. The summed E-state index contributed by atoms with van der Waals surface area (Å²) in [4.78, 5) is 22.6. The molecule has 4 nitrogen and oxygen atoms in total. The fraction of sp³-hybridized carbons (Fsp3) is 0.467. The van der Waals surface area contributed by atoms with Gasteiger partial charge in [-0.3, -0.25) is 9.59 Å². The zero-order chi connectivity index (χ0) is 16.0. The van der Waals surface area contributed by atoms with E-state index in [-0.39, 0.29) is 22.8 Å². The maximum absolute atomic E-state index is 12.0. The monoisotopic (exact) mass is 331 g/mol. The average molecular weight is 332 g/mol. The Balaban J connectivity index is 2.50. The predicted molar refractivity (Wildman–Crippen MR) is 84.1 cm³/mol. The molecule has 0 atom stereocenters. The number of nitrogens with one attached hydrogen (secondary N) is 1. The number of carbonyl (C=O) groups excluding carboxylic acids is 1. The third-order valence-electron chi connectivity index (χ3n) is 3.30. The Kier molecular flexibility index (Phi) is 6.49. The molecule has 2 N–H and O–H groups in total. The third kappa shape index (κ3) is 5.94. The van der Waals surface area contributed by atoms with E-state index in [2.05, 4.69) is 5.32 Å². The number of carboxylic acids is 1. The molecule has 0 saturated heterocycles. The van der Waals surface area contributed by atoms with Gasteiger partial charge in [-0.05, 0) is 30.4 Å². The standard InChI is InChI=1S/C15H19Cl2NO3/c1-15(2,7-6-12(19)20)8-9-18-14(21)10-4-3-5-11(16)13(10)17/h3-5H,6-9H2,1-2H3,(H,18,21)(H,19,20). The van der Waals surface area contributed by atoms with E-state index >= 15 is 0 Å². The average Bonchev–Trinajstić information content (AvgIpc) is 2.39. The van der Waals surface area contributed by atoms with Crippen LogP contribution in [-0.2, 0) is 4.79 Å². The molecule has 1 rings (SSSR count). The van der Waals surface area contributed by atoms with Crippen molar-refractivity contribution in [1.29, 1.82) is 0 Å². The third-order valence-corrected chi connectivity index (χ3v) is 4.12. The normalized spacial score (nSPS) is 11.2. The van der Waals surface area contributed by atoms with E-state index in [1.165, 1.54) is 0 Å². The molecule has 0 bridgehead atoms. The molecule has 0 radical (unpaired) electrons. The van der Waals surface area contributed by atoms with E-state index < -0.39 is 5.97 Å². The summed E-state index contributed by atoms with van der Waals surface area (Å²) < 4.78 is 0. The molecule has 0 saturated carbocycles. The number of hydrogen-bond donors (Lipinski definition) is 2. The number of aliphatic carboxylic acids is 1. The van der Waals surface area contributed by atoms with Gasteiger partial charge in [-0.25, -0.2) is 0 Å². The number of carbonyl (C=O) groups is 2. The van der Waals surface area contributed by atoms with Crippen molar-refractivity contribution in [2.24, 2.45) is 5.41 Å². The van der Waals surface area contributed by atoms with Crippen LogP contribution >= 0.6 is 23.2 Å². The molecule has 0 fully saturated rings. The molecule has 0 aliphatic rings. The van der Waals surface area contributed by atoms with Crippen molar-refractivity contribution in [1.82, 2.24) is 5.32 Å². The van der Waals surface area contributed by atoms with E-state index in [9.17, 15) is 9.59 Å². The summed E-state index contributed by atoms with van der Waals surface area (Å²) in [6.07, 6.45) is 1.38. The zero-order valence-corrected chi connectivity index (χ0v) is 13.6. The largest absolute Gasteiger partial charge is 0.481 e. The Hall–Kier alpha value is -1.26. The predicted octanol–water partition coefficient (Wildman–Crippen LogP) is 4.00. The van der Waals surface area contributed by atoms with Crippen molar-refractivity contribution >= 4 is 35.1 Å². The molecule has 0 aliphatic carbocycles. The van der Waals surface area contributed by atoms with Gasteiger partial charge in [0.05, 0.1) is 15.6 Å². The molecule has 116 valence electrons. The molecule has 21 heavy (non-hydrogen) atoms. The Labute approximate surface area is 134 Å². The van der Waals surface area contributed by atoms with E-state index in [0.717, 1.165) is 0 Å². The first kappa shape index (κ1) is 17.8. The SMILES string of the molecule is CC(C)(CCNC(=O)c1cccc(Cl)c1Cl)CCC(=O)O. The van der Waals surface area contributed by atoms with Gasteiger partial charge in [-0.2, -0.15) is 0 Å². The lowest BCUT2D eigenvalue weighted by Gasteiger charge is -2.23. The van der Waals surface area contributed by atoms with E-state index in [1.807, 2.05) is 13.8 Å². The van der Waals surface area contributed by atoms with Crippen LogP contribution in [0.2, 0.25) is 10.0 Å². The molecule has 6 heteroatoms. The van der Waals surface area contributed by atoms with Gasteiger partial charge in [-0.1, -0.05) is 43.1 Å². The highest BCUT2D eigenvalue weighted by atomic mass is 35.5. The van der Waals surface area contributed by atoms with Crippen molar-refractivity contribution in [3.8, 4) is 0 Å². The zero-order valence-electron chi connectivity index (χ0n) is 12.1. The Morgan fingerprint density at radius 1 is 1.24 bits per heavy atom. The van der Waals surface area contributed by atoms with Gasteiger partial charge in [0.1, 0.15) is 0 Å². The minimum Gasteiger partial charge on any atom is -0.481 e. The summed E-state index contributed by atoms with van der Waals surface area (Å²) in [5, 5.41) is 12.1. The second-order valence-electron chi connectivity index (χ2n) is 5.67. The van der Waals surface area contributed by atoms with Crippen LogP contribution in [0.5, 0.6) is 0 Å². The second-order valence-corrected chi connectivity index (χ2v) is 6.45. The molecule has 0 aromatic heterocycles. The Bertz CT molecular complexity index is 530. The van der Waals surface area contributed by atoms with Crippen LogP contribution in [0.3, 0.4) is 0 Å². The Morgan fingerprint density at radius 2 is 1.90 bits per heavy atom. The lowest BCUT2D eigenvalue weighted by molar-refractivity contribution is -0.137. The van der Waals surface area contributed by atoms with Crippen LogP contribution < -0.4 is 5.32 Å². The molecule has 1 amide bonds. The molecular weight excluding hydrogens is 313 g/mol. The number of rotatable bonds is 7. The summed E-state index contributed by atoms with van der Waals surface area (Å²) in [6.45, 7) is 4.41. The lowest BCUT2D eigenvalue weighted by atomic mass is 9.84. The van der Waals surface area contributed by atoms with Gasteiger partial charge in [0.25, 0.3) is 5.91 Å². The van der Waals surface area contributed by atoms with Crippen LogP contribution in [0.1, 0.15) is 43.5 Å². The summed E-state index contributed by atoms with van der Waals surface area (Å²) in [5.74, 6) is -1.09. The minimum absolute atomic E-state index is 0.126. The van der Waals surface area contributed by atoms with Crippen LogP contribution in [0.4, 0.5) is 0 Å². The van der Waals surface area contributed by atoms with Crippen molar-refractivity contribution < 1.29 is 14.7 Å². The number of benzene rings is 1. The maximum atomic E-state index is 12.0. The van der Waals surface area contributed by atoms with Crippen LogP contribution in [-0.4, -0.2) is 23.5 Å². The van der Waals surface area contributed by atoms with Crippen molar-refractivity contribution in [3.05, 3.63) is 33.8 Å². The van der Waals surface area contributed by atoms with Crippen LogP contribution in [0.25, 0.3) is 0 Å². The lowest BCUT2D eigenvalue weighted by Crippen LogP contribution is -2.28. The number of amides is 1. The molecule has 0 spiro atoms. The first-order valence-electron chi connectivity index (χ1n) is 6.67. The molecule has 0 unspecified atom stereocenters. The van der Waals surface area contributed by atoms with Gasteiger partial charge in [0.2, 0.25) is 0 Å². The van der Waals surface area contributed by atoms with Gasteiger partial charge < -0.3 is 10.4 Å². The minimum atomic E-state index is -0.808. The fourth-order valence-electron chi connectivity index (χ4n) is 1.86. The molecule has 1 aromatic rings. The smallest absolute Gasteiger partial charge is 0.303 e. The highest BCUT2D eigenvalue weighted by Crippen LogP contribution is 2.27. The number of carboxylic acid groups (broad SMARTS) is 1. The summed E-state index contributed by atoms with van der Waals surface area (Å²) in [5.41, 5.74) is 0.191. The van der Waals surface area contributed by atoms with Crippen LogP contribution in [0, 0.1) is 5.41 Å². The van der Waals surface area contributed by atoms with Gasteiger partial charge in [0, 0.05) is 13.0 Å². The summed E-state index contributed by atoms with van der Waals surface area (Å²) in [6, 6.07) is 4.90. The quantitative estimate of drug-likeness (QED) is 0.793. The van der Waals surface area contributed by atoms with Crippen molar-refractivity contribution in [2.45, 2.75) is 33.1 Å². The second kappa shape index (κ2) is 7.66. The molecular formula is C15H19Cl2NO3. The van der Waals surface area contributed by atoms with Crippen molar-refractivity contribution in [3.63, 3.8) is 0 Å². The van der Waals surface area contributed by atoms with E-state index in [0.29, 0.717) is 30.0 Å². The number of halogens is 2. The van der Waals surface area contributed by atoms with Gasteiger partial charge >= 0.3 is 5.97 Å². The summed E-state index contributed by atoms with van der Waals surface area (Å²) >= 11 is 11.9.